The van der Waals surface area contributed by atoms with E-state index in [4.69, 9.17) is 5.73 Å². The molecule has 0 aromatic heterocycles. The molecule has 1 heterocycles. The van der Waals surface area contributed by atoms with E-state index in [1.165, 1.54) is 5.56 Å². The van der Waals surface area contributed by atoms with Gasteiger partial charge in [-0.1, -0.05) is 46.3 Å². The Morgan fingerprint density at radius 1 is 1.17 bits per heavy atom. The number of halogens is 1. The van der Waals surface area contributed by atoms with Gasteiger partial charge in [-0.2, -0.15) is 0 Å². The van der Waals surface area contributed by atoms with Crippen molar-refractivity contribution in [3.63, 3.8) is 0 Å². The SMILES string of the molecule is Nc1cc(Br)ccc1C(=O)NC1CCN(Cc2ccccc2)CC1. The average Bonchev–Trinajstić information content (AvgIpc) is 2.57. The van der Waals surface area contributed by atoms with Gasteiger partial charge >= 0.3 is 0 Å². The van der Waals surface area contributed by atoms with Crippen molar-refractivity contribution in [2.24, 2.45) is 0 Å². The summed E-state index contributed by atoms with van der Waals surface area (Å²) in [6.07, 6.45) is 1.93. The molecule has 0 spiro atoms. The van der Waals surface area contributed by atoms with Crippen LogP contribution in [0.15, 0.2) is 53.0 Å². The molecule has 2 aromatic carbocycles. The zero-order valence-electron chi connectivity index (χ0n) is 13.5. The number of carbonyl (C=O) groups excluding carboxylic acids is 1. The molecule has 1 aliphatic heterocycles. The maximum Gasteiger partial charge on any atom is 0.253 e. The summed E-state index contributed by atoms with van der Waals surface area (Å²) >= 11 is 3.36. The number of nitrogens with one attached hydrogen (secondary N) is 1. The third-order valence-electron chi connectivity index (χ3n) is 4.43. The molecule has 126 valence electrons. The van der Waals surface area contributed by atoms with Crippen LogP contribution in [0.1, 0.15) is 28.8 Å². The summed E-state index contributed by atoms with van der Waals surface area (Å²) in [5, 5.41) is 3.12. The van der Waals surface area contributed by atoms with Gasteiger partial charge in [-0.25, -0.2) is 0 Å². The van der Waals surface area contributed by atoms with E-state index < -0.39 is 0 Å². The van der Waals surface area contributed by atoms with E-state index in [1.54, 1.807) is 12.1 Å². The molecular weight excluding hydrogens is 366 g/mol. The number of nitrogens with zero attached hydrogens (tertiary/aromatic N) is 1. The molecule has 0 bridgehead atoms. The molecule has 1 amide bonds. The monoisotopic (exact) mass is 387 g/mol. The minimum Gasteiger partial charge on any atom is -0.398 e. The number of hydrogen-bond acceptors (Lipinski definition) is 3. The lowest BCUT2D eigenvalue weighted by Crippen LogP contribution is -2.44. The molecule has 1 saturated heterocycles. The van der Waals surface area contributed by atoms with Crippen molar-refractivity contribution < 1.29 is 4.79 Å². The first-order valence-electron chi connectivity index (χ1n) is 8.24. The standard InChI is InChI=1S/C19H22BrN3O/c20-15-6-7-17(18(21)12-15)19(24)22-16-8-10-23(11-9-16)13-14-4-2-1-3-5-14/h1-7,12,16H,8-11,13,21H2,(H,22,24). The Morgan fingerprint density at radius 2 is 1.88 bits per heavy atom. The van der Waals surface area contributed by atoms with Crippen LogP contribution in [0, 0.1) is 0 Å². The molecule has 24 heavy (non-hydrogen) atoms. The molecular formula is C19H22BrN3O. The second kappa shape index (κ2) is 7.81. The number of anilines is 1. The average molecular weight is 388 g/mol. The first-order chi connectivity index (χ1) is 11.6. The molecule has 3 rings (SSSR count). The van der Waals surface area contributed by atoms with Gasteiger partial charge in [0.15, 0.2) is 0 Å². The van der Waals surface area contributed by atoms with Gasteiger partial charge in [-0.3, -0.25) is 9.69 Å². The maximum atomic E-state index is 12.4. The fourth-order valence-corrected chi connectivity index (χ4v) is 3.46. The molecule has 0 saturated carbocycles. The van der Waals surface area contributed by atoms with Crippen LogP contribution in [-0.2, 0) is 6.54 Å². The van der Waals surface area contributed by atoms with Crippen molar-refractivity contribution in [2.75, 3.05) is 18.8 Å². The zero-order chi connectivity index (χ0) is 16.9. The number of benzene rings is 2. The summed E-state index contributed by atoms with van der Waals surface area (Å²) in [4.78, 5) is 14.8. The van der Waals surface area contributed by atoms with E-state index in [-0.39, 0.29) is 11.9 Å². The summed E-state index contributed by atoms with van der Waals surface area (Å²) < 4.78 is 0.880. The van der Waals surface area contributed by atoms with Crippen LogP contribution < -0.4 is 11.1 Å². The van der Waals surface area contributed by atoms with Crippen LogP contribution in [0.5, 0.6) is 0 Å². The number of carbonyl (C=O) groups is 1. The Hall–Kier alpha value is -1.85. The Labute approximate surface area is 151 Å². The zero-order valence-corrected chi connectivity index (χ0v) is 15.1. The van der Waals surface area contributed by atoms with E-state index in [1.807, 2.05) is 12.1 Å². The number of hydrogen-bond donors (Lipinski definition) is 2. The highest BCUT2D eigenvalue weighted by molar-refractivity contribution is 9.10. The number of piperidine rings is 1. The topological polar surface area (TPSA) is 58.4 Å². The van der Waals surface area contributed by atoms with E-state index in [9.17, 15) is 4.79 Å². The van der Waals surface area contributed by atoms with Gasteiger partial charge in [0.25, 0.3) is 5.91 Å². The van der Waals surface area contributed by atoms with Gasteiger partial charge in [0.05, 0.1) is 5.56 Å². The van der Waals surface area contributed by atoms with Crippen LogP contribution in [-0.4, -0.2) is 29.9 Å². The lowest BCUT2D eigenvalue weighted by atomic mass is 10.0. The Kier molecular flexibility index (Phi) is 5.53. The van der Waals surface area contributed by atoms with E-state index in [0.717, 1.165) is 36.9 Å². The number of amides is 1. The fourth-order valence-electron chi connectivity index (χ4n) is 3.08. The summed E-state index contributed by atoms with van der Waals surface area (Å²) in [5.74, 6) is -0.0819. The van der Waals surface area contributed by atoms with Gasteiger partial charge in [-0.15, -0.1) is 0 Å². The first-order valence-corrected chi connectivity index (χ1v) is 9.03. The first kappa shape index (κ1) is 17.0. The number of nitrogens with two attached hydrogens (primary N) is 1. The number of rotatable bonds is 4. The Balaban J connectivity index is 1.51. The minimum absolute atomic E-state index is 0.0819. The lowest BCUT2D eigenvalue weighted by molar-refractivity contribution is 0.0910. The smallest absolute Gasteiger partial charge is 0.253 e. The van der Waals surface area contributed by atoms with Crippen molar-refractivity contribution in [3.05, 3.63) is 64.1 Å². The molecule has 3 N–H and O–H groups in total. The molecule has 0 radical (unpaired) electrons. The fraction of sp³-hybridized carbons (Fsp3) is 0.316. The maximum absolute atomic E-state index is 12.4. The molecule has 4 nitrogen and oxygen atoms in total. The molecule has 2 aromatic rings. The largest absolute Gasteiger partial charge is 0.398 e. The van der Waals surface area contributed by atoms with Crippen molar-refractivity contribution in [3.8, 4) is 0 Å². The van der Waals surface area contributed by atoms with Gasteiger partial charge in [-0.05, 0) is 36.6 Å². The Bertz CT molecular complexity index is 697. The van der Waals surface area contributed by atoms with Gasteiger partial charge in [0, 0.05) is 35.8 Å². The third kappa shape index (κ3) is 4.36. The number of likely N-dealkylation sites (tertiary alicyclic amines) is 1. The van der Waals surface area contributed by atoms with Crippen molar-refractivity contribution in [1.82, 2.24) is 10.2 Å². The quantitative estimate of drug-likeness (QED) is 0.790. The van der Waals surface area contributed by atoms with Crippen LogP contribution in [0.4, 0.5) is 5.69 Å². The van der Waals surface area contributed by atoms with Crippen molar-refractivity contribution in [2.45, 2.75) is 25.4 Å². The molecule has 5 heteroatoms. The summed E-state index contributed by atoms with van der Waals surface area (Å²) in [6, 6.07) is 16.1. The summed E-state index contributed by atoms with van der Waals surface area (Å²) in [6.45, 7) is 2.96. The molecule has 0 unspecified atom stereocenters. The highest BCUT2D eigenvalue weighted by atomic mass is 79.9. The normalized spacial score (nSPS) is 16.0. The third-order valence-corrected chi connectivity index (χ3v) is 4.92. The van der Waals surface area contributed by atoms with Crippen LogP contribution >= 0.6 is 15.9 Å². The van der Waals surface area contributed by atoms with Gasteiger partial charge < -0.3 is 11.1 Å². The predicted molar refractivity (Wildman–Crippen MR) is 101 cm³/mol. The van der Waals surface area contributed by atoms with Crippen LogP contribution in [0.3, 0.4) is 0 Å². The molecule has 1 aliphatic rings. The summed E-state index contributed by atoms with van der Waals surface area (Å²) in [5.41, 5.74) is 8.32. The van der Waals surface area contributed by atoms with Gasteiger partial charge in [0.1, 0.15) is 0 Å². The predicted octanol–water partition coefficient (Wildman–Crippen LogP) is 3.43. The lowest BCUT2D eigenvalue weighted by Gasteiger charge is -2.32. The second-order valence-electron chi connectivity index (χ2n) is 6.24. The van der Waals surface area contributed by atoms with E-state index >= 15 is 0 Å². The summed E-state index contributed by atoms with van der Waals surface area (Å²) in [7, 11) is 0. The van der Waals surface area contributed by atoms with Crippen molar-refractivity contribution >= 4 is 27.5 Å². The van der Waals surface area contributed by atoms with Crippen molar-refractivity contribution in [1.29, 1.82) is 0 Å². The van der Waals surface area contributed by atoms with E-state index in [2.05, 4.69) is 50.4 Å². The van der Waals surface area contributed by atoms with Gasteiger partial charge in [0.2, 0.25) is 0 Å². The molecule has 0 atom stereocenters. The molecule has 1 fully saturated rings. The highest BCUT2D eigenvalue weighted by Crippen LogP contribution is 2.20. The molecule has 0 aliphatic carbocycles. The van der Waals surface area contributed by atoms with Crippen LogP contribution in [0.25, 0.3) is 0 Å². The number of nitrogen functional groups attached to an aromatic ring is 1. The van der Waals surface area contributed by atoms with Crippen LogP contribution in [0.2, 0.25) is 0 Å². The Morgan fingerprint density at radius 3 is 2.54 bits per heavy atom. The second-order valence-corrected chi connectivity index (χ2v) is 7.16. The minimum atomic E-state index is -0.0819. The highest BCUT2D eigenvalue weighted by Gasteiger charge is 2.21. The van der Waals surface area contributed by atoms with E-state index in [0.29, 0.717) is 11.3 Å².